The van der Waals surface area contributed by atoms with Gasteiger partial charge in [0.15, 0.2) is 58.7 Å². The fourth-order valence-corrected chi connectivity index (χ4v) is 14.1. The van der Waals surface area contributed by atoms with Crippen molar-refractivity contribution in [3.8, 4) is 0 Å². The van der Waals surface area contributed by atoms with Gasteiger partial charge in [-0.1, -0.05) is 73.4 Å². The molecule has 1 aliphatic heterocycles. The molecule has 1 aliphatic rings. The number of rotatable bonds is 9. The SMILES string of the molecule is CC(C)c1cccc(C(C)C)c1[N+]1=[C-]N([P+](O[B-](c2c(F)c(F)c(F)c(F)c2F)(c2c(F)c(F)c(F)c(F)c2F)c2c(F)c(F)c(F)c(F)c2F)(C(C)(C)C)C(C)(C)C)CC1. The van der Waals surface area contributed by atoms with Crippen LogP contribution < -0.4 is 16.4 Å². The Hall–Kier alpha value is -4.25. The van der Waals surface area contributed by atoms with Gasteiger partial charge in [0.25, 0.3) is 6.35 Å². The molecule has 332 valence electrons. The molecule has 0 saturated heterocycles. The average Bonchev–Trinajstić information content (AvgIpc) is 3.67. The Morgan fingerprint density at radius 2 is 0.803 bits per heavy atom. The number of halogens is 15. The summed E-state index contributed by atoms with van der Waals surface area (Å²) in [6.07, 6.45) is -3.31. The first-order valence-electron chi connectivity index (χ1n) is 18.7. The highest BCUT2D eigenvalue weighted by molar-refractivity contribution is 7.74. The van der Waals surface area contributed by atoms with Gasteiger partial charge in [-0.15, -0.1) is 0 Å². The second kappa shape index (κ2) is 16.1. The normalized spacial score (nSPS) is 14.3. The van der Waals surface area contributed by atoms with Crippen LogP contribution in [-0.2, 0) is 4.44 Å². The van der Waals surface area contributed by atoms with E-state index in [1.807, 2.05) is 27.7 Å². The van der Waals surface area contributed by atoms with Crippen molar-refractivity contribution in [1.29, 1.82) is 0 Å². The summed E-state index contributed by atoms with van der Waals surface area (Å²) < 4.78 is 246. The standard InChI is InChI=1S/C41H39BF15N2OP/c1-17(2)19-12-11-13-20(18(3)4)39(19)58-14-15-59(16-58)61(40(5,6)7,41(8,9)10)60-42(21-24(43)30(49)36(55)31(50)25(21)44,22-26(45)32(51)37(56)33(52)27(22)46)23-28(47)34(53)38(57)35(54)29(23)48/h11-13,17-18H,14-15H2,1-10H3. The minimum Gasteiger partial charge on any atom is -0.396 e. The average molecular weight is 903 g/mol. The highest BCUT2D eigenvalue weighted by atomic mass is 31.2. The summed E-state index contributed by atoms with van der Waals surface area (Å²) in [6.45, 7) is 14.7. The Morgan fingerprint density at radius 3 is 1.07 bits per heavy atom. The Labute approximate surface area is 342 Å². The molecule has 0 aliphatic carbocycles. The molecule has 0 bridgehead atoms. The molecule has 0 radical (unpaired) electrons. The van der Waals surface area contributed by atoms with Crippen LogP contribution in [0.2, 0.25) is 0 Å². The lowest BCUT2D eigenvalue weighted by molar-refractivity contribution is -0.425. The molecular weight excluding hydrogens is 863 g/mol. The Bertz CT molecular complexity index is 2180. The fourth-order valence-electron chi connectivity index (χ4n) is 8.48. The molecule has 5 rings (SSSR count). The van der Waals surface area contributed by atoms with Crippen molar-refractivity contribution < 1.29 is 74.9 Å². The van der Waals surface area contributed by atoms with Crippen molar-refractivity contribution in [3.05, 3.63) is 117 Å². The third kappa shape index (κ3) is 7.09. The van der Waals surface area contributed by atoms with Crippen molar-refractivity contribution in [2.45, 2.75) is 91.4 Å². The molecule has 4 aromatic carbocycles. The first-order chi connectivity index (χ1) is 27.9. The van der Waals surface area contributed by atoms with Gasteiger partial charge < -0.3 is 9.02 Å². The van der Waals surface area contributed by atoms with E-state index < -0.39 is 128 Å². The van der Waals surface area contributed by atoms with E-state index in [1.165, 1.54) is 46.1 Å². The van der Waals surface area contributed by atoms with Crippen molar-refractivity contribution >= 4 is 42.4 Å². The lowest BCUT2D eigenvalue weighted by atomic mass is 9.28. The number of hydrogen-bond donors (Lipinski definition) is 0. The van der Waals surface area contributed by atoms with Gasteiger partial charge in [-0.25, -0.2) is 65.9 Å². The maximum Gasteiger partial charge on any atom is 0.267 e. The van der Waals surface area contributed by atoms with Gasteiger partial charge in [0, 0.05) is 0 Å². The molecule has 0 amide bonds. The van der Waals surface area contributed by atoms with E-state index in [0.29, 0.717) is 5.69 Å². The molecule has 3 nitrogen and oxygen atoms in total. The topological polar surface area (TPSA) is 15.5 Å². The van der Waals surface area contributed by atoms with E-state index in [-0.39, 0.29) is 24.9 Å². The first-order valence-corrected chi connectivity index (χ1v) is 20.4. The van der Waals surface area contributed by atoms with E-state index >= 15 is 52.7 Å². The van der Waals surface area contributed by atoms with Gasteiger partial charge in [0.05, 0.1) is 6.54 Å². The molecule has 61 heavy (non-hydrogen) atoms. The Morgan fingerprint density at radius 1 is 0.525 bits per heavy atom. The minimum atomic E-state index is -6.34. The summed E-state index contributed by atoms with van der Waals surface area (Å²) in [6, 6.07) is 5.35. The number of nitrogens with zero attached hydrogens (tertiary/aromatic N) is 2. The molecule has 0 unspecified atom stereocenters. The van der Waals surface area contributed by atoms with Gasteiger partial charge in [-0.2, -0.15) is 4.67 Å². The van der Waals surface area contributed by atoms with Crippen LogP contribution in [0.3, 0.4) is 0 Å². The van der Waals surface area contributed by atoms with Gasteiger partial charge in [0.1, 0.15) is 51.8 Å². The summed E-state index contributed by atoms with van der Waals surface area (Å²) in [4.78, 5) is 0. The fraction of sp³-hybridized carbons (Fsp3) is 0.390. The van der Waals surface area contributed by atoms with E-state index in [0.717, 1.165) is 15.8 Å². The van der Waals surface area contributed by atoms with Crippen LogP contribution in [-0.4, -0.2) is 45.3 Å². The summed E-state index contributed by atoms with van der Waals surface area (Å²) in [5, 5.41) is -3.59. The highest BCUT2D eigenvalue weighted by Crippen LogP contribution is 2.80. The van der Waals surface area contributed by atoms with E-state index in [4.69, 9.17) is 4.44 Å². The summed E-state index contributed by atoms with van der Waals surface area (Å²) in [5.74, 6) is -46.7. The molecule has 0 atom stereocenters. The molecule has 0 fully saturated rings. The predicted molar refractivity (Wildman–Crippen MR) is 202 cm³/mol. The minimum absolute atomic E-state index is 0.0890. The zero-order valence-electron chi connectivity index (χ0n) is 34.3. The zero-order valence-corrected chi connectivity index (χ0v) is 35.2. The molecular formula is C41H39BF15N2OP. The third-order valence-electron chi connectivity index (χ3n) is 10.8. The largest absolute Gasteiger partial charge is 0.396 e. The van der Waals surface area contributed by atoms with Crippen LogP contribution in [0.5, 0.6) is 0 Å². The van der Waals surface area contributed by atoms with Crippen molar-refractivity contribution in [2.24, 2.45) is 0 Å². The Kier molecular flexibility index (Phi) is 12.7. The monoisotopic (exact) mass is 902 g/mol. The van der Waals surface area contributed by atoms with Gasteiger partial charge >= 0.3 is 0 Å². The van der Waals surface area contributed by atoms with Crippen LogP contribution in [0.15, 0.2) is 18.2 Å². The molecule has 0 spiro atoms. The third-order valence-corrected chi connectivity index (χ3v) is 16.0. The summed E-state index contributed by atoms with van der Waals surface area (Å²) >= 11 is 0. The number of para-hydroxylation sites is 1. The first kappa shape index (κ1) is 47.8. The van der Waals surface area contributed by atoms with Crippen molar-refractivity contribution in [2.75, 3.05) is 13.1 Å². The van der Waals surface area contributed by atoms with Crippen LogP contribution >= 0.6 is 7.64 Å². The molecule has 4 aromatic rings. The lowest BCUT2D eigenvalue weighted by Crippen LogP contribution is -2.76. The van der Waals surface area contributed by atoms with Gasteiger partial charge in [-0.05, 0) is 59.1 Å². The Balaban J connectivity index is 2.17. The van der Waals surface area contributed by atoms with Gasteiger partial charge in [-0.3, -0.25) is 0 Å². The van der Waals surface area contributed by atoms with Crippen LogP contribution in [0, 0.1) is 87.3 Å². The zero-order chi connectivity index (χ0) is 46.4. The molecule has 1 heterocycles. The second-order valence-corrected chi connectivity index (χ2v) is 21.8. The van der Waals surface area contributed by atoms with Crippen LogP contribution in [0.25, 0.3) is 0 Å². The van der Waals surface area contributed by atoms with E-state index in [1.54, 1.807) is 18.2 Å². The van der Waals surface area contributed by atoms with Gasteiger partial charge in [0.2, 0.25) is 7.64 Å². The predicted octanol–water partition coefficient (Wildman–Crippen LogP) is 11.0. The molecule has 0 saturated carbocycles. The second-order valence-electron chi connectivity index (χ2n) is 17.2. The van der Waals surface area contributed by atoms with Crippen LogP contribution in [0.4, 0.5) is 71.5 Å². The summed E-state index contributed by atoms with van der Waals surface area (Å²) in [7, 11) is -4.82. The van der Waals surface area contributed by atoms with E-state index in [2.05, 4.69) is 6.34 Å². The number of hydrogen-bond acceptors (Lipinski definition) is 2. The van der Waals surface area contributed by atoms with Crippen molar-refractivity contribution in [3.63, 3.8) is 0 Å². The summed E-state index contributed by atoms with van der Waals surface area (Å²) in [5.41, 5.74) is -6.43. The molecule has 0 N–H and O–H groups in total. The maximum atomic E-state index is 16.6. The highest BCUT2D eigenvalue weighted by Gasteiger charge is 2.70. The molecule has 20 heteroatoms. The number of benzene rings is 4. The smallest absolute Gasteiger partial charge is 0.267 e. The lowest BCUT2D eigenvalue weighted by Gasteiger charge is -2.55. The van der Waals surface area contributed by atoms with Crippen LogP contribution in [0.1, 0.15) is 92.2 Å². The van der Waals surface area contributed by atoms with Crippen molar-refractivity contribution in [1.82, 2.24) is 4.67 Å². The maximum absolute atomic E-state index is 16.6. The molecule has 0 aromatic heterocycles. The van der Waals surface area contributed by atoms with E-state index in [9.17, 15) is 13.2 Å². The quantitative estimate of drug-likeness (QED) is 0.0316.